The van der Waals surface area contributed by atoms with Gasteiger partial charge in [-0.2, -0.15) is 0 Å². The molecular weight excluding hydrogens is 257 g/mol. The molecule has 2 amide bonds. The van der Waals surface area contributed by atoms with E-state index in [-0.39, 0.29) is 0 Å². The van der Waals surface area contributed by atoms with Gasteiger partial charge >= 0.3 is 6.03 Å². The molecule has 0 aliphatic carbocycles. The van der Waals surface area contributed by atoms with E-state index in [1.165, 1.54) is 0 Å². The summed E-state index contributed by atoms with van der Waals surface area (Å²) in [5.41, 5.74) is 2.52. The number of nitrogens with one attached hydrogen (secondary N) is 2. The average Bonchev–Trinajstić information content (AvgIpc) is 2.02. The van der Waals surface area contributed by atoms with Gasteiger partial charge < -0.3 is 5.32 Å². The van der Waals surface area contributed by atoms with Crippen LogP contribution in [0.5, 0.6) is 0 Å². The summed E-state index contributed by atoms with van der Waals surface area (Å²) in [5, 5.41) is 3.01. The minimum atomic E-state index is -0.492. The lowest BCUT2D eigenvalue weighted by Crippen LogP contribution is -2.34. The van der Waals surface area contributed by atoms with Crippen LogP contribution >= 0.6 is 27.5 Å². The number of benzene rings is 1. The highest BCUT2D eigenvalue weighted by Gasteiger charge is 2.00. The molecule has 0 bridgehead atoms. The first kappa shape index (κ1) is 10.3. The monoisotopic (exact) mass is 263 g/mol. The van der Waals surface area contributed by atoms with Gasteiger partial charge in [-0.25, -0.2) is 10.6 Å². The molecule has 6 heteroatoms. The fourth-order valence-electron chi connectivity index (χ4n) is 0.793. The Kier molecular flexibility index (Phi) is 3.53. The van der Waals surface area contributed by atoms with Crippen LogP contribution in [0.3, 0.4) is 0 Å². The van der Waals surface area contributed by atoms with Crippen molar-refractivity contribution in [2.24, 2.45) is 5.84 Å². The molecule has 0 fully saturated rings. The van der Waals surface area contributed by atoms with Gasteiger partial charge in [-0.15, -0.1) is 0 Å². The third kappa shape index (κ3) is 3.22. The number of hydrogen-bond acceptors (Lipinski definition) is 2. The molecule has 1 aromatic carbocycles. The van der Waals surface area contributed by atoms with Crippen LogP contribution in [0.25, 0.3) is 0 Å². The molecule has 70 valence electrons. The first-order chi connectivity index (χ1) is 6.11. The Morgan fingerprint density at radius 1 is 1.46 bits per heavy atom. The number of rotatable bonds is 1. The molecule has 0 atom stereocenters. The molecule has 0 aliphatic heterocycles. The molecular formula is C7H7BrClN3O. The van der Waals surface area contributed by atoms with Gasteiger partial charge in [0.1, 0.15) is 0 Å². The van der Waals surface area contributed by atoms with Crippen molar-refractivity contribution >= 4 is 39.2 Å². The van der Waals surface area contributed by atoms with Crippen LogP contribution in [0.15, 0.2) is 22.7 Å². The van der Waals surface area contributed by atoms with E-state index in [1.54, 1.807) is 18.2 Å². The largest absolute Gasteiger partial charge is 0.333 e. The average molecular weight is 265 g/mol. The van der Waals surface area contributed by atoms with Gasteiger partial charge in [-0.3, -0.25) is 5.43 Å². The van der Waals surface area contributed by atoms with Crippen molar-refractivity contribution in [2.45, 2.75) is 0 Å². The van der Waals surface area contributed by atoms with Crippen LogP contribution in [-0.4, -0.2) is 6.03 Å². The van der Waals surface area contributed by atoms with E-state index in [9.17, 15) is 4.79 Å². The normalized spacial score (nSPS) is 9.46. The predicted octanol–water partition coefficient (Wildman–Crippen LogP) is 2.10. The van der Waals surface area contributed by atoms with Gasteiger partial charge in [0.15, 0.2) is 0 Å². The zero-order valence-corrected chi connectivity index (χ0v) is 8.82. The standard InChI is InChI=1S/C7H7BrClN3O/c8-4-1-5(9)3-6(2-4)11-7(13)12-10/h1-3H,10H2,(H2,11,12,13). The Hall–Kier alpha value is -0.780. The van der Waals surface area contributed by atoms with Gasteiger partial charge in [0.25, 0.3) is 0 Å². The van der Waals surface area contributed by atoms with Gasteiger partial charge in [-0.1, -0.05) is 27.5 Å². The second-order valence-corrected chi connectivity index (χ2v) is 3.61. The van der Waals surface area contributed by atoms with E-state index in [4.69, 9.17) is 17.4 Å². The molecule has 1 aromatic rings. The molecule has 0 aromatic heterocycles. The molecule has 4 N–H and O–H groups in total. The van der Waals surface area contributed by atoms with Crippen LogP contribution < -0.4 is 16.6 Å². The van der Waals surface area contributed by atoms with Gasteiger partial charge in [0, 0.05) is 15.2 Å². The van der Waals surface area contributed by atoms with E-state index < -0.39 is 6.03 Å². The zero-order chi connectivity index (χ0) is 9.84. The van der Waals surface area contributed by atoms with Crippen molar-refractivity contribution in [3.05, 3.63) is 27.7 Å². The van der Waals surface area contributed by atoms with E-state index in [1.807, 2.05) is 5.43 Å². The highest BCUT2D eigenvalue weighted by atomic mass is 79.9. The number of hydrogen-bond donors (Lipinski definition) is 3. The van der Waals surface area contributed by atoms with Crippen molar-refractivity contribution in [1.29, 1.82) is 0 Å². The fraction of sp³-hybridized carbons (Fsp3) is 0. The summed E-state index contributed by atoms with van der Waals surface area (Å²) in [7, 11) is 0. The number of halogens is 2. The van der Waals surface area contributed by atoms with E-state index in [0.717, 1.165) is 4.47 Å². The number of carbonyl (C=O) groups excluding carboxylic acids is 1. The first-order valence-corrected chi connectivity index (χ1v) is 4.52. The Bertz CT molecular complexity index is 311. The molecule has 0 saturated heterocycles. The van der Waals surface area contributed by atoms with Gasteiger partial charge in [-0.05, 0) is 18.2 Å². The highest BCUT2D eigenvalue weighted by Crippen LogP contribution is 2.22. The SMILES string of the molecule is NNC(=O)Nc1cc(Cl)cc(Br)c1. The summed E-state index contributed by atoms with van der Waals surface area (Å²) >= 11 is 8.98. The summed E-state index contributed by atoms with van der Waals surface area (Å²) in [5.74, 6) is 4.89. The maximum atomic E-state index is 10.8. The van der Waals surface area contributed by atoms with Crippen LogP contribution in [0.2, 0.25) is 5.02 Å². The van der Waals surface area contributed by atoms with Crippen LogP contribution in [0, 0.1) is 0 Å². The molecule has 0 aliphatic rings. The minimum Gasteiger partial charge on any atom is -0.307 e. The summed E-state index contributed by atoms with van der Waals surface area (Å²) in [4.78, 5) is 10.8. The van der Waals surface area contributed by atoms with Crippen molar-refractivity contribution in [2.75, 3.05) is 5.32 Å². The number of anilines is 1. The van der Waals surface area contributed by atoms with E-state index in [0.29, 0.717) is 10.7 Å². The first-order valence-electron chi connectivity index (χ1n) is 3.35. The van der Waals surface area contributed by atoms with Crippen LogP contribution in [0.4, 0.5) is 10.5 Å². The predicted molar refractivity (Wildman–Crippen MR) is 55.5 cm³/mol. The Balaban J connectivity index is 2.83. The Labute approximate surface area is 88.5 Å². The van der Waals surface area contributed by atoms with Crippen LogP contribution in [0.1, 0.15) is 0 Å². The number of carbonyl (C=O) groups is 1. The molecule has 0 heterocycles. The molecule has 0 unspecified atom stereocenters. The van der Waals surface area contributed by atoms with Crippen LogP contribution in [-0.2, 0) is 0 Å². The van der Waals surface area contributed by atoms with Crippen molar-refractivity contribution < 1.29 is 4.79 Å². The highest BCUT2D eigenvalue weighted by molar-refractivity contribution is 9.10. The second kappa shape index (κ2) is 4.45. The van der Waals surface area contributed by atoms with E-state index >= 15 is 0 Å². The quantitative estimate of drug-likeness (QED) is 0.413. The zero-order valence-electron chi connectivity index (χ0n) is 6.47. The summed E-state index contributed by atoms with van der Waals surface area (Å²) < 4.78 is 0.785. The number of hydrazine groups is 1. The van der Waals surface area contributed by atoms with Crippen molar-refractivity contribution in [3.8, 4) is 0 Å². The van der Waals surface area contributed by atoms with Crippen molar-refractivity contribution in [1.82, 2.24) is 5.43 Å². The molecule has 13 heavy (non-hydrogen) atoms. The molecule has 0 radical (unpaired) electrons. The maximum Gasteiger partial charge on any atom is 0.333 e. The minimum absolute atomic E-state index is 0.492. The number of urea groups is 1. The number of nitrogens with two attached hydrogens (primary N) is 1. The second-order valence-electron chi connectivity index (χ2n) is 2.26. The lowest BCUT2D eigenvalue weighted by Gasteiger charge is -2.04. The van der Waals surface area contributed by atoms with Gasteiger partial charge in [0.2, 0.25) is 0 Å². The molecule has 0 spiro atoms. The smallest absolute Gasteiger partial charge is 0.307 e. The Morgan fingerprint density at radius 3 is 2.69 bits per heavy atom. The lowest BCUT2D eigenvalue weighted by molar-refractivity contribution is 0.252. The maximum absolute atomic E-state index is 10.8. The lowest BCUT2D eigenvalue weighted by atomic mass is 10.3. The third-order valence-electron chi connectivity index (χ3n) is 1.25. The van der Waals surface area contributed by atoms with E-state index in [2.05, 4.69) is 21.2 Å². The summed E-state index contributed by atoms with van der Waals surface area (Å²) in [6.07, 6.45) is 0. The summed E-state index contributed by atoms with van der Waals surface area (Å²) in [6.45, 7) is 0. The topological polar surface area (TPSA) is 67.1 Å². The molecule has 4 nitrogen and oxygen atoms in total. The number of amides is 2. The molecule has 1 rings (SSSR count). The Morgan fingerprint density at radius 2 is 2.15 bits per heavy atom. The third-order valence-corrected chi connectivity index (χ3v) is 1.93. The summed E-state index contributed by atoms with van der Waals surface area (Å²) in [6, 6.07) is 4.55. The van der Waals surface area contributed by atoms with Crippen molar-refractivity contribution in [3.63, 3.8) is 0 Å². The fourth-order valence-corrected chi connectivity index (χ4v) is 1.65. The van der Waals surface area contributed by atoms with Gasteiger partial charge in [0.05, 0.1) is 0 Å². The molecule has 0 saturated carbocycles.